The number of hydrogen-bond donors (Lipinski definition) is 2. The quantitative estimate of drug-likeness (QED) is 0.574. The summed E-state index contributed by atoms with van der Waals surface area (Å²) in [6.07, 6.45) is 3.45. The van der Waals surface area contributed by atoms with Crippen molar-refractivity contribution in [3.8, 4) is 11.6 Å². The van der Waals surface area contributed by atoms with E-state index in [1.54, 1.807) is 30.5 Å². The maximum absolute atomic E-state index is 12.1. The molecular formula is C20H15N3O2. The summed E-state index contributed by atoms with van der Waals surface area (Å²) in [5, 5.41) is 3.80. The second kappa shape index (κ2) is 6.49. The highest BCUT2D eigenvalue weighted by atomic mass is 16.5. The van der Waals surface area contributed by atoms with Gasteiger partial charge in [0, 0.05) is 28.7 Å². The summed E-state index contributed by atoms with van der Waals surface area (Å²) >= 11 is 0. The average Bonchev–Trinajstić information content (AvgIpc) is 3.14. The van der Waals surface area contributed by atoms with Crippen LogP contribution in [0.4, 0.5) is 5.69 Å². The molecule has 25 heavy (non-hydrogen) atoms. The molecule has 0 radical (unpaired) electrons. The molecule has 5 nitrogen and oxygen atoms in total. The van der Waals surface area contributed by atoms with Gasteiger partial charge in [0.05, 0.1) is 11.9 Å². The van der Waals surface area contributed by atoms with E-state index in [1.165, 1.54) is 0 Å². The molecule has 2 aromatic heterocycles. The molecule has 0 atom stereocenters. The normalized spacial score (nSPS) is 10.6. The van der Waals surface area contributed by atoms with Gasteiger partial charge in [0.2, 0.25) is 5.88 Å². The van der Waals surface area contributed by atoms with Crippen LogP contribution < -0.4 is 10.1 Å². The van der Waals surface area contributed by atoms with Crippen molar-refractivity contribution in [3.05, 3.63) is 84.7 Å². The van der Waals surface area contributed by atoms with E-state index in [2.05, 4.69) is 15.3 Å². The van der Waals surface area contributed by atoms with Crippen molar-refractivity contribution in [2.24, 2.45) is 0 Å². The third-order valence-electron chi connectivity index (χ3n) is 3.80. The number of amides is 1. The fourth-order valence-corrected chi connectivity index (χ4v) is 2.57. The highest BCUT2D eigenvalue weighted by Crippen LogP contribution is 2.28. The molecule has 0 unspecified atom stereocenters. The van der Waals surface area contributed by atoms with E-state index in [-0.39, 0.29) is 5.91 Å². The summed E-state index contributed by atoms with van der Waals surface area (Å²) in [5.41, 5.74) is 2.22. The van der Waals surface area contributed by atoms with Crippen molar-refractivity contribution < 1.29 is 9.53 Å². The first-order valence-electron chi connectivity index (χ1n) is 7.86. The van der Waals surface area contributed by atoms with Crippen LogP contribution in [0.1, 0.15) is 10.4 Å². The topological polar surface area (TPSA) is 67.0 Å². The minimum absolute atomic E-state index is 0.173. The van der Waals surface area contributed by atoms with Gasteiger partial charge in [0.15, 0.2) is 0 Å². The Morgan fingerprint density at radius 1 is 0.960 bits per heavy atom. The number of fused-ring (bicyclic) bond motifs is 1. The van der Waals surface area contributed by atoms with Crippen molar-refractivity contribution in [1.29, 1.82) is 0 Å². The number of anilines is 1. The molecule has 1 amide bonds. The zero-order valence-corrected chi connectivity index (χ0v) is 13.3. The molecule has 0 bridgehead atoms. The van der Waals surface area contributed by atoms with E-state index < -0.39 is 0 Å². The Labute approximate surface area is 144 Å². The van der Waals surface area contributed by atoms with E-state index in [0.717, 1.165) is 16.7 Å². The van der Waals surface area contributed by atoms with Gasteiger partial charge in [-0.3, -0.25) is 4.79 Å². The lowest BCUT2D eigenvalue weighted by Crippen LogP contribution is -2.11. The van der Waals surface area contributed by atoms with Gasteiger partial charge in [0.25, 0.3) is 5.91 Å². The molecule has 4 aromatic rings. The van der Waals surface area contributed by atoms with Crippen LogP contribution in [0.25, 0.3) is 10.9 Å². The Bertz CT molecular complexity index is 1010. The van der Waals surface area contributed by atoms with Crippen molar-refractivity contribution in [2.45, 2.75) is 0 Å². The van der Waals surface area contributed by atoms with Gasteiger partial charge in [-0.05, 0) is 36.4 Å². The zero-order chi connectivity index (χ0) is 17.1. The highest BCUT2D eigenvalue weighted by molar-refractivity contribution is 6.04. The van der Waals surface area contributed by atoms with Crippen LogP contribution in [0, 0.1) is 0 Å². The largest absolute Gasteiger partial charge is 0.438 e. The second-order valence-corrected chi connectivity index (χ2v) is 5.50. The molecule has 0 spiro atoms. The van der Waals surface area contributed by atoms with Gasteiger partial charge in [-0.15, -0.1) is 0 Å². The number of carbonyl (C=O) groups is 1. The number of ether oxygens (including phenoxy) is 1. The van der Waals surface area contributed by atoms with Gasteiger partial charge in [-0.1, -0.05) is 24.3 Å². The summed E-state index contributed by atoms with van der Waals surface area (Å²) in [6.45, 7) is 0. The molecule has 0 aliphatic heterocycles. The summed E-state index contributed by atoms with van der Waals surface area (Å²) in [7, 11) is 0. The number of aromatic amines is 1. The first kappa shape index (κ1) is 15.0. The molecule has 122 valence electrons. The lowest BCUT2D eigenvalue weighted by Gasteiger charge is -2.08. The molecule has 0 saturated carbocycles. The number of benzene rings is 2. The Hall–Kier alpha value is -3.60. The lowest BCUT2D eigenvalue weighted by atomic mass is 10.2. The van der Waals surface area contributed by atoms with E-state index in [4.69, 9.17) is 4.74 Å². The molecule has 2 aromatic carbocycles. The van der Waals surface area contributed by atoms with Crippen molar-refractivity contribution in [1.82, 2.24) is 9.97 Å². The van der Waals surface area contributed by atoms with E-state index in [0.29, 0.717) is 17.1 Å². The molecule has 2 N–H and O–H groups in total. The number of rotatable bonds is 4. The summed E-state index contributed by atoms with van der Waals surface area (Å²) < 4.78 is 5.85. The van der Waals surface area contributed by atoms with Gasteiger partial charge in [0.1, 0.15) is 5.75 Å². The molecule has 5 heteroatoms. The summed E-state index contributed by atoms with van der Waals surface area (Å²) in [5.74, 6) is 1.02. The summed E-state index contributed by atoms with van der Waals surface area (Å²) in [4.78, 5) is 19.5. The van der Waals surface area contributed by atoms with Crippen LogP contribution in [-0.4, -0.2) is 15.9 Å². The molecule has 0 aliphatic carbocycles. The van der Waals surface area contributed by atoms with Crippen molar-refractivity contribution >= 4 is 22.5 Å². The first-order chi connectivity index (χ1) is 12.3. The van der Waals surface area contributed by atoms with Crippen LogP contribution in [0.3, 0.4) is 0 Å². The number of H-pyrrole nitrogens is 1. The Kier molecular flexibility index (Phi) is 3.88. The first-order valence-corrected chi connectivity index (χ1v) is 7.86. The average molecular weight is 329 g/mol. The molecule has 2 heterocycles. The molecule has 0 aliphatic rings. The van der Waals surface area contributed by atoms with E-state index in [1.807, 2.05) is 48.7 Å². The van der Waals surface area contributed by atoms with Crippen molar-refractivity contribution in [2.75, 3.05) is 5.32 Å². The monoisotopic (exact) mass is 329 g/mol. The summed E-state index contributed by atoms with van der Waals surface area (Å²) in [6, 6.07) is 20.3. The maximum Gasteiger partial charge on any atom is 0.255 e. The van der Waals surface area contributed by atoms with Gasteiger partial charge < -0.3 is 15.0 Å². The van der Waals surface area contributed by atoms with E-state index >= 15 is 0 Å². The number of hydrogen-bond acceptors (Lipinski definition) is 3. The SMILES string of the molecule is O=C(Nc1ccc(Oc2cccc3[nH]ccc23)nc1)c1ccccc1. The minimum Gasteiger partial charge on any atom is -0.438 e. The van der Waals surface area contributed by atoms with E-state index in [9.17, 15) is 4.79 Å². The Balaban J connectivity index is 1.49. The van der Waals surface area contributed by atoms with Crippen LogP contribution in [0.15, 0.2) is 79.1 Å². The lowest BCUT2D eigenvalue weighted by molar-refractivity contribution is 0.102. The van der Waals surface area contributed by atoms with Crippen molar-refractivity contribution in [3.63, 3.8) is 0 Å². The van der Waals surface area contributed by atoms with Crippen LogP contribution >= 0.6 is 0 Å². The van der Waals surface area contributed by atoms with Crippen LogP contribution in [0.2, 0.25) is 0 Å². The van der Waals surface area contributed by atoms with Crippen LogP contribution in [0.5, 0.6) is 11.6 Å². The standard InChI is InChI=1S/C20H15N3O2/c24-20(14-5-2-1-3-6-14)23-15-9-10-19(22-13-15)25-18-8-4-7-17-16(18)11-12-21-17/h1-13,21H,(H,23,24). The minimum atomic E-state index is -0.173. The predicted molar refractivity (Wildman–Crippen MR) is 97.0 cm³/mol. The van der Waals surface area contributed by atoms with Gasteiger partial charge >= 0.3 is 0 Å². The maximum atomic E-state index is 12.1. The molecule has 0 saturated heterocycles. The Morgan fingerprint density at radius 3 is 2.64 bits per heavy atom. The fraction of sp³-hybridized carbons (Fsp3) is 0. The number of nitrogens with zero attached hydrogens (tertiary/aromatic N) is 1. The fourth-order valence-electron chi connectivity index (χ4n) is 2.57. The predicted octanol–water partition coefficient (Wildman–Crippen LogP) is 4.61. The smallest absolute Gasteiger partial charge is 0.255 e. The Morgan fingerprint density at radius 2 is 1.84 bits per heavy atom. The van der Waals surface area contributed by atoms with Crippen LogP contribution in [-0.2, 0) is 0 Å². The molecule has 0 fully saturated rings. The van der Waals surface area contributed by atoms with Gasteiger partial charge in [-0.2, -0.15) is 0 Å². The third-order valence-corrected chi connectivity index (χ3v) is 3.80. The zero-order valence-electron chi connectivity index (χ0n) is 13.3. The number of aromatic nitrogens is 2. The third kappa shape index (κ3) is 3.21. The number of nitrogens with one attached hydrogen (secondary N) is 2. The molecule has 4 rings (SSSR count). The number of carbonyl (C=O) groups excluding carboxylic acids is 1. The molecular weight excluding hydrogens is 314 g/mol. The number of pyridine rings is 1. The highest BCUT2D eigenvalue weighted by Gasteiger charge is 2.07. The van der Waals surface area contributed by atoms with Gasteiger partial charge in [-0.25, -0.2) is 4.98 Å². The second-order valence-electron chi connectivity index (χ2n) is 5.50.